The maximum absolute atomic E-state index is 13.4. The second kappa shape index (κ2) is 9.95. The van der Waals surface area contributed by atoms with E-state index in [0.29, 0.717) is 29.8 Å². The molecule has 3 aromatic rings. The first-order chi connectivity index (χ1) is 15.3. The molecule has 0 aliphatic carbocycles. The van der Waals surface area contributed by atoms with Crippen LogP contribution < -0.4 is 5.56 Å². The number of ether oxygens (including phenoxy) is 2. The highest BCUT2D eigenvalue weighted by molar-refractivity contribution is 5.89. The second-order valence-electron chi connectivity index (χ2n) is 7.31. The number of esters is 2. The number of nitrogens with one attached hydrogen (secondary N) is 1. The van der Waals surface area contributed by atoms with E-state index in [1.54, 1.807) is 48.3 Å². The fourth-order valence-corrected chi connectivity index (χ4v) is 3.63. The van der Waals surface area contributed by atoms with Crippen molar-refractivity contribution in [2.75, 3.05) is 14.2 Å². The minimum atomic E-state index is -0.763. The summed E-state index contributed by atoms with van der Waals surface area (Å²) in [6, 6.07) is 7.87. The number of aromatic nitrogens is 3. The third-order valence-corrected chi connectivity index (χ3v) is 5.36. The summed E-state index contributed by atoms with van der Waals surface area (Å²) < 4.78 is 11.1. The van der Waals surface area contributed by atoms with Crippen molar-refractivity contribution < 1.29 is 24.2 Å². The molecule has 168 valence electrons. The largest absolute Gasteiger partial charge is 0.507 e. The molecular weight excluding hydrogens is 414 g/mol. The number of nitrogens with zero attached hydrogens (tertiary/aromatic N) is 2. The maximum Gasteiger partial charge on any atom is 0.337 e. The number of pyridine rings is 1. The van der Waals surface area contributed by atoms with Gasteiger partial charge in [0.1, 0.15) is 5.75 Å². The van der Waals surface area contributed by atoms with Crippen LogP contribution in [0.5, 0.6) is 5.75 Å². The van der Waals surface area contributed by atoms with Crippen molar-refractivity contribution in [1.29, 1.82) is 0 Å². The van der Waals surface area contributed by atoms with E-state index < -0.39 is 23.4 Å². The number of hydrogen-bond acceptors (Lipinski definition) is 7. The normalized spacial score (nSPS) is 11.7. The minimum Gasteiger partial charge on any atom is -0.507 e. The Morgan fingerprint density at radius 1 is 1.19 bits per heavy atom. The molecule has 1 atom stereocenters. The lowest BCUT2D eigenvalue weighted by Crippen LogP contribution is -2.29. The van der Waals surface area contributed by atoms with Crippen molar-refractivity contribution in [3.8, 4) is 5.75 Å². The van der Waals surface area contributed by atoms with Crippen LogP contribution in [0.4, 0.5) is 0 Å². The zero-order valence-electron chi connectivity index (χ0n) is 18.1. The molecule has 0 spiro atoms. The quantitative estimate of drug-likeness (QED) is 0.516. The molecule has 9 nitrogen and oxygen atoms in total. The van der Waals surface area contributed by atoms with E-state index in [-0.39, 0.29) is 17.7 Å². The number of H-pyrrole nitrogens is 1. The first-order valence-electron chi connectivity index (χ1n) is 10.0. The molecule has 2 heterocycles. The van der Waals surface area contributed by atoms with Crippen molar-refractivity contribution in [3.05, 3.63) is 81.3 Å². The monoisotopic (exact) mass is 439 g/mol. The van der Waals surface area contributed by atoms with Gasteiger partial charge in [0.15, 0.2) is 0 Å². The van der Waals surface area contributed by atoms with Crippen LogP contribution in [-0.4, -0.2) is 45.8 Å². The van der Waals surface area contributed by atoms with Gasteiger partial charge in [-0.1, -0.05) is 12.1 Å². The van der Waals surface area contributed by atoms with E-state index in [9.17, 15) is 19.5 Å². The average Bonchev–Trinajstić information content (AvgIpc) is 3.31. The number of hydrogen-bond donors (Lipinski definition) is 2. The molecule has 9 heteroatoms. The van der Waals surface area contributed by atoms with Gasteiger partial charge in [-0.3, -0.25) is 9.59 Å². The van der Waals surface area contributed by atoms with E-state index in [1.165, 1.54) is 20.3 Å². The number of aromatic amines is 1. The van der Waals surface area contributed by atoms with Gasteiger partial charge in [0, 0.05) is 36.5 Å². The van der Waals surface area contributed by atoms with Gasteiger partial charge in [-0.25, -0.2) is 9.78 Å². The molecule has 0 bridgehead atoms. The van der Waals surface area contributed by atoms with Crippen molar-refractivity contribution in [3.63, 3.8) is 0 Å². The Hall–Kier alpha value is -3.88. The number of rotatable bonds is 8. The first kappa shape index (κ1) is 22.8. The van der Waals surface area contributed by atoms with Crippen LogP contribution in [0.15, 0.2) is 47.7 Å². The molecule has 2 N–H and O–H groups in total. The highest BCUT2D eigenvalue weighted by atomic mass is 16.5. The third kappa shape index (κ3) is 4.88. The van der Waals surface area contributed by atoms with E-state index in [4.69, 9.17) is 9.47 Å². The van der Waals surface area contributed by atoms with E-state index >= 15 is 0 Å². The molecule has 0 fully saturated rings. The molecule has 0 aliphatic rings. The third-order valence-electron chi connectivity index (χ3n) is 5.36. The zero-order chi connectivity index (χ0) is 23.3. The molecule has 3 rings (SSSR count). The van der Waals surface area contributed by atoms with Crippen molar-refractivity contribution in [2.45, 2.75) is 32.2 Å². The van der Waals surface area contributed by atoms with Crippen molar-refractivity contribution in [2.24, 2.45) is 0 Å². The molecule has 0 aliphatic heterocycles. The average molecular weight is 439 g/mol. The molecule has 0 amide bonds. The number of aryl methyl sites for hydroxylation is 2. The Bertz CT molecular complexity index is 1150. The first-order valence-corrected chi connectivity index (χ1v) is 10.0. The number of carbonyl (C=O) groups excluding carboxylic acids is 2. The van der Waals surface area contributed by atoms with E-state index in [1.807, 2.05) is 0 Å². The highest BCUT2D eigenvalue weighted by Crippen LogP contribution is 2.32. The summed E-state index contributed by atoms with van der Waals surface area (Å²) in [5.41, 5.74) is 2.08. The zero-order valence-corrected chi connectivity index (χ0v) is 18.1. The van der Waals surface area contributed by atoms with Crippen LogP contribution in [0, 0.1) is 6.92 Å². The summed E-state index contributed by atoms with van der Waals surface area (Å²) >= 11 is 0. The second-order valence-corrected chi connectivity index (χ2v) is 7.31. The van der Waals surface area contributed by atoms with Crippen LogP contribution in [0.25, 0.3) is 0 Å². The highest BCUT2D eigenvalue weighted by Gasteiger charge is 2.27. The van der Waals surface area contributed by atoms with Crippen LogP contribution in [0.2, 0.25) is 0 Å². The Morgan fingerprint density at radius 2 is 1.91 bits per heavy atom. The number of benzene rings is 1. The van der Waals surface area contributed by atoms with Gasteiger partial charge in [-0.2, -0.15) is 0 Å². The molecular formula is C23H25N3O6. The van der Waals surface area contributed by atoms with Crippen LogP contribution in [0.1, 0.15) is 45.2 Å². The van der Waals surface area contributed by atoms with Crippen LogP contribution in [0.3, 0.4) is 0 Å². The standard InChI is InChI=1S/C23H25N3O6/c1-14-10-19(27)21(22(29)26(14)9-8-17-12-24-13-25-17)18(11-20(28)31-2)15-4-6-16(7-5-15)23(30)32-3/h4-7,10,12-13,18,27H,8-9,11H2,1-3H3,(H,24,25)/t18-/m1/s1. The van der Waals surface area contributed by atoms with Crippen LogP contribution in [-0.2, 0) is 27.2 Å². The predicted octanol–water partition coefficient (Wildman–Crippen LogP) is 2.31. The molecule has 1 aromatic carbocycles. The molecule has 0 radical (unpaired) electrons. The number of carbonyl (C=O) groups is 2. The van der Waals surface area contributed by atoms with Gasteiger partial charge in [0.2, 0.25) is 0 Å². The fourth-order valence-electron chi connectivity index (χ4n) is 3.63. The summed E-state index contributed by atoms with van der Waals surface area (Å²) in [7, 11) is 2.55. The minimum absolute atomic E-state index is 0.0939. The molecule has 0 unspecified atom stereocenters. The van der Waals surface area contributed by atoms with E-state index in [0.717, 1.165) is 5.69 Å². The number of aromatic hydroxyl groups is 1. The van der Waals surface area contributed by atoms with Gasteiger partial charge >= 0.3 is 11.9 Å². The van der Waals surface area contributed by atoms with Crippen molar-refractivity contribution >= 4 is 11.9 Å². The van der Waals surface area contributed by atoms with Gasteiger partial charge in [0.25, 0.3) is 5.56 Å². The SMILES string of the molecule is COC(=O)C[C@H](c1ccc(C(=O)OC)cc1)c1c(O)cc(C)n(CCc2cnc[nH]2)c1=O. The molecule has 0 saturated carbocycles. The fraction of sp³-hybridized carbons (Fsp3) is 0.304. The Labute approximate surface area is 184 Å². The molecule has 0 saturated heterocycles. The topological polar surface area (TPSA) is 124 Å². The lowest BCUT2D eigenvalue weighted by molar-refractivity contribution is -0.140. The molecule has 2 aromatic heterocycles. The molecule has 32 heavy (non-hydrogen) atoms. The predicted molar refractivity (Wildman–Crippen MR) is 116 cm³/mol. The van der Waals surface area contributed by atoms with Gasteiger partial charge < -0.3 is 24.1 Å². The van der Waals surface area contributed by atoms with Crippen LogP contribution >= 0.6 is 0 Å². The van der Waals surface area contributed by atoms with E-state index in [2.05, 4.69) is 9.97 Å². The summed E-state index contributed by atoms with van der Waals surface area (Å²) in [6.07, 6.45) is 3.64. The Kier molecular flexibility index (Phi) is 7.09. The number of imidazole rings is 1. The lowest BCUT2D eigenvalue weighted by atomic mass is 9.88. The van der Waals surface area contributed by atoms with Gasteiger partial charge in [-0.15, -0.1) is 0 Å². The smallest absolute Gasteiger partial charge is 0.337 e. The Balaban J connectivity index is 2.05. The summed E-state index contributed by atoms with van der Waals surface area (Å²) in [5.74, 6) is -1.99. The Morgan fingerprint density at radius 3 is 2.50 bits per heavy atom. The maximum atomic E-state index is 13.4. The van der Waals surface area contributed by atoms with Gasteiger partial charge in [-0.05, 0) is 30.7 Å². The summed E-state index contributed by atoms with van der Waals surface area (Å²) in [4.78, 5) is 44.3. The van der Waals surface area contributed by atoms with Crippen molar-refractivity contribution in [1.82, 2.24) is 14.5 Å². The summed E-state index contributed by atoms with van der Waals surface area (Å²) in [6.45, 7) is 2.10. The summed E-state index contributed by atoms with van der Waals surface area (Å²) in [5, 5.41) is 10.7. The lowest BCUT2D eigenvalue weighted by Gasteiger charge is -2.20. The number of methoxy groups -OCH3 is 2. The van der Waals surface area contributed by atoms with Gasteiger partial charge in [0.05, 0.1) is 38.1 Å².